The number of primary amides is 1. The fraction of sp³-hybridized carbons (Fsp3) is 0.263. The molecule has 142 valence electrons. The maximum absolute atomic E-state index is 11.0. The van der Waals surface area contributed by atoms with Crippen LogP contribution in [0.2, 0.25) is 0 Å². The van der Waals surface area contributed by atoms with Crippen LogP contribution >= 0.6 is 0 Å². The highest BCUT2D eigenvalue weighted by Crippen LogP contribution is 2.22. The summed E-state index contributed by atoms with van der Waals surface area (Å²) in [5.74, 6) is -0.418. The lowest BCUT2D eigenvalue weighted by atomic mass is 10.2. The lowest BCUT2D eigenvalue weighted by Crippen LogP contribution is -2.10. The first-order valence-electron chi connectivity index (χ1n) is 8.68. The molecule has 0 unspecified atom stereocenters. The molecule has 2 heterocycles. The van der Waals surface area contributed by atoms with E-state index in [0.29, 0.717) is 17.8 Å². The van der Waals surface area contributed by atoms with E-state index in [0.717, 1.165) is 36.0 Å². The number of benzene rings is 1. The van der Waals surface area contributed by atoms with Gasteiger partial charge in [0.05, 0.1) is 5.39 Å². The number of H-pyrrole nitrogens is 1. The van der Waals surface area contributed by atoms with Gasteiger partial charge in [-0.05, 0) is 36.8 Å². The van der Waals surface area contributed by atoms with Gasteiger partial charge in [-0.25, -0.2) is 9.97 Å². The normalized spacial score (nSPS) is 10.1. The van der Waals surface area contributed by atoms with Gasteiger partial charge in [0.2, 0.25) is 5.91 Å². The molecule has 8 nitrogen and oxygen atoms in total. The van der Waals surface area contributed by atoms with Crippen molar-refractivity contribution in [1.29, 1.82) is 0 Å². The molecule has 0 saturated heterocycles. The number of aromatic nitrogens is 3. The minimum absolute atomic E-state index is 0.327. The Morgan fingerprint density at radius 3 is 2.52 bits per heavy atom. The van der Waals surface area contributed by atoms with Crippen molar-refractivity contribution < 1.29 is 14.7 Å². The minimum Gasteiger partial charge on any atom is -0.481 e. The van der Waals surface area contributed by atoms with Gasteiger partial charge < -0.3 is 21.1 Å². The summed E-state index contributed by atoms with van der Waals surface area (Å²) in [4.78, 5) is 32.2. The summed E-state index contributed by atoms with van der Waals surface area (Å²) < 4.78 is 0. The van der Waals surface area contributed by atoms with Crippen LogP contribution in [0.3, 0.4) is 0 Å². The number of nitrogens with two attached hydrogens (primary N) is 1. The number of anilines is 2. The second kappa shape index (κ2) is 9.91. The highest BCUT2D eigenvalue weighted by molar-refractivity contribution is 5.93. The summed E-state index contributed by atoms with van der Waals surface area (Å²) in [5, 5.41) is 12.2. The van der Waals surface area contributed by atoms with Gasteiger partial charge in [0.1, 0.15) is 17.8 Å². The Morgan fingerprint density at radius 2 is 1.89 bits per heavy atom. The topological polar surface area (TPSA) is 134 Å². The number of aromatic amines is 1. The van der Waals surface area contributed by atoms with E-state index >= 15 is 0 Å². The molecule has 0 radical (unpaired) electrons. The molecular formula is C19H23N5O3. The second-order valence-corrected chi connectivity index (χ2v) is 5.88. The zero-order valence-electron chi connectivity index (χ0n) is 15.1. The first kappa shape index (κ1) is 19.9. The minimum atomic E-state index is -0.682. The lowest BCUT2D eigenvalue weighted by Gasteiger charge is -2.06. The molecule has 0 saturated carbocycles. The highest BCUT2D eigenvalue weighted by Gasteiger charge is 2.05. The van der Waals surface area contributed by atoms with Gasteiger partial charge in [0, 0.05) is 23.9 Å². The molecule has 1 aromatic carbocycles. The largest absolute Gasteiger partial charge is 0.481 e. The maximum Gasteiger partial charge on any atom is 0.303 e. The molecule has 3 aromatic rings. The third kappa shape index (κ3) is 6.10. The monoisotopic (exact) mass is 369 g/mol. The SMILES string of the molecule is CCCCCC(=O)O.NC(=O)c1ccc(Nc2ncnc3[nH]ccc23)cc1. The Labute approximate surface area is 156 Å². The van der Waals surface area contributed by atoms with Crippen LogP contribution in [0.5, 0.6) is 0 Å². The van der Waals surface area contributed by atoms with E-state index < -0.39 is 11.9 Å². The Morgan fingerprint density at radius 1 is 1.15 bits per heavy atom. The van der Waals surface area contributed by atoms with Crippen LogP contribution in [0.25, 0.3) is 11.0 Å². The van der Waals surface area contributed by atoms with Crippen molar-refractivity contribution in [2.75, 3.05) is 5.32 Å². The zero-order valence-corrected chi connectivity index (χ0v) is 15.1. The van der Waals surface area contributed by atoms with Crippen LogP contribution in [0.4, 0.5) is 11.5 Å². The smallest absolute Gasteiger partial charge is 0.303 e. The van der Waals surface area contributed by atoms with Gasteiger partial charge in [-0.15, -0.1) is 0 Å². The first-order chi connectivity index (χ1) is 13.0. The van der Waals surface area contributed by atoms with Gasteiger partial charge in [-0.3, -0.25) is 9.59 Å². The summed E-state index contributed by atoms with van der Waals surface area (Å²) in [6, 6.07) is 8.79. The number of nitrogens with one attached hydrogen (secondary N) is 2. The third-order valence-corrected chi connectivity index (χ3v) is 3.78. The number of carbonyl (C=O) groups excluding carboxylic acids is 1. The van der Waals surface area contributed by atoms with E-state index in [1.54, 1.807) is 30.5 Å². The van der Waals surface area contributed by atoms with E-state index in [4.69, 9.17) is 10.8 Å². The summed E-state index contributed by atoms with van der Waals surface area (Å²) in [7, 11) is 0. The predicted octanol–water partition coefficient (Wildman–Crippen LogP) is 3.45. The highest BCUT2D eigenvalue weighted by atomic mass is 16.4. The van der Waals surface area contributed by atoms with Crippen molar-refractivity contribution in [3.63, 3.8) is 0 Å². The Hall–Kier alpha value is -3.42. The average molecular weight is 369 g/mol. The molecule has 27 heavy (non-hydrogen) atoms. The molecule has 0 fully saturated rings. The van der Waals surface area contributed by atoms with Gasteiger partial charge in [-0.1, -0.05) is 19.8 Å². The van der Waals surface area contributed by atoms with Crippen LogP contribution < -0.4 is 11.1 Å². The van der Waals surface area contributed by atoms with Crippen LogP contribution in [0, 0.1) is 0 Å². The molecule has 8 heteroatoms. The molecule has 2 aromatic heterocycles. The Kier molecular flexibility index (Phi) is 7.30. The van der Waals surface area contributed by atoms with Crippen LogP contribution in [-0.4, -0.2) is 31.9 Å². The summed E-state index contributed by atoms with van der Waals surface area (Å²) >= 11 is 0. The van der Waals surface area contributed by atoms with Crippen molar-refractivity contribution >= 4 is 34.4 Å². The molecule has 0 spiro atoms. The summed E-state index contributed by atoms with van der Waals surface area (Å²) in [6.45, 7) is 2.06. The second-order valence-electron chi connectivity index (χ2n) is 5.88. The fourth-order valence-corrected chi connectivity index (χ4v) is 2.35. The average Bonchev–Trinajstić information content (AvgIpc) is 3.12. The third-order valence-electron chi connectivity index (χ3n) is 3.78. The van der Waals surface area contributed by atoms with Crippen LogP contribution in [-0.2, 0) is 4.79 Å². The van der Waals surface area contributed by atoms with E-state index in [-0.39, 0.29) is 0 Å². The predicted molar refractivity (Wildman–Crippen MR) is 104 cm³/mol. The summed E-state index contributed by atoms with van der Waals surface area (Å²) in [5.41, 5.74) is 7.26. The van der Waals surface area contributed by atoms with Gasteiger partial charge >= 0.3 is 5.97 Å². The van der Waals surface area contributed by atoms with Crippen LogP contribution in [0.15, 0.2) is 42.9 Å². The number of carbonyl (C=O) groups is 2. The Bertz CT molecular complexity index is 890. The zero-order chi connectivity index (χ0) is 19.6. The van der Waals surface area contributed by atoms with Crippen molar-refractivity contribution in [2.24, 2.45) is 5.73 Å². The number of carboxylic acid groups (broad SMARTS) is 1. The van der Waals surface area contributed by atoms with Gasteiger partial charge in [0.15, 0.2) is 0 Å². The Balaban J connectivity index is 0.000000279. The molecule has 0 bridgehead atoms. The number of hydrogen-bond acceptors (Lipinski definition) is 5. The number of hydrogen-bond donors (Lipinski definition) is 4. The fourth-order valence-electron chi connectivity index (χ4n) is 2.35. The maximum atomic E-state index is 11.0. The molecule has 0 atom stereocenters. The van der Waals surface area contributed by atoms with E-state index in [9.17, 15) is 9.59 Å². The number of nitrogens with zero attached hydrogens (tertiary/aromatic N) is 2. The summed E-state index contributed by atoms with van der Waals surface area (Å²) in [6.07, 6.45) is 6.57. The molecule has 3 rings (SSSR count). The quantitative estimate of drug-likeness (QED) is 0.471. The van der Waals surface area contributed by atoms with E-state index in [1.807, 2.05) is 6.07 Å². The van der Waals surface area contributed by atoms with Crippen molar-refractivity contribution in [1.82, 2.24) is 15.0 Å². The molecule has 0 aliphatic heterocycles. The number of fused-ring (bicyclic) bond motifs is 1. The first-order valence-corrected chi connectivity index (χ1v) is 8.68. The lowest BCUT2D eigenvalue weighted by molar-refractivity contribution is -0.137. The van der Waals surface area contributed by atoms with Crippen molar-refractivity contribution in [3.05, 3.63) is 48.4 Å². The standard InChI is InChI=1S/C13H11N5O.C6H12O2/c14-11(19)8-1-3-9(4-2-8)18-13-10-5-6-15-12(10)16-7-17-13;1-2-3-4-5-6(7)8/h1-7H,(H2,14,19)(H2,15,16,17,18);2-5H2,1H3,(H,7,8). The molecular weight excluding hydrogens is 346 g/mol. The van der Waals surface area contributed by atoms with Crippen molar-refractivity contribution in [3.8, 4) is 0 Å². The van der Waals surface area contributed by atoms with E-state index in [2.05, 4.69) is 27.2 Å². The molecule has 5 N–H and O–H groups in total. The number of amides is 1. The van der Waals surface area contributed by atoms with Crippen molar-refractivity contribution in [2.45, 2.75) is 32.6 Å². The van der Waals surface area contributed by atoms with Gasteiger partial charge in [-0.2, -0.15) is 0 Å². The number of aliphatic carboxylic acids is 1. The van der Waals surface area contributed by atoms with Crippen LogP contribution in [0.1, 0.15) is 43.0 Å². The molecule has 0 aliphatic carbocycles. The number of unbranched alkanes of at least 4 members (excludes halogenated alkanes) is 2. The molecule has 0 aliphatic rings. The number of rotatable bonds is 7. The number of carboxylic acids is 1. The van der Waals surface area contributed by atoms with Gasteiger partial charge in [0.25, 0.3) is 0 Å². The van der Waals surface area contributed by atoms with E-state index in [1.165, 1.54) is 6.33 Å². The molecule has 1 amide bonds.